The normalized spacial score (nSPS) is 6.75. The quantitative estimate of drug-likeness (QED) is 0.482. The molecule has 0 saturated carbocycles. The van der Waals surface area contributed by atoms with Crippen molar-refractivity contribution in [2.45, 2.75) is 13.3 Å². The molecule has 0 heterocycles. The van der Waals surface area contributed by atoms with E-state index in [1.807, 2.05) is 4.49 Å². The first-order valence-corrected chi connectivity index (χ1v) is 2.20. The zero-order chi connectivity index (χ0) is 3.41. The summed E-state index contributed by atoms with van der Waals surface area (Å²) in [4.78, 5) is 0. The Morgan fingerprint density at radius 3 is 2.25 bits per heavy atom. The van der Waals surface area contributed by atoms with Gasteiger partial charge in [-0.3, -0.25) is 0 Å². The molecule has 0 radical (unpaired) electrons. The molecular formula is C3H6Pd. The van der Waals surface area contributed by atoms with Crippen LogP contribution in [0, 0.1) is 0 Å². The van der Waals surface area contributed by atoms with Crippen LogP contribution in [0.4, 0.5) is 0 Å². The topological polar surface area (TPSA) is 0 Å². The molecule has 28 valence electrons. The molecule has 0 saturated heterocycles. The monoisotopic (exact) mass is 148 g/mol. The van der Waals surface area contributed by atoms with E-state index < -0.39 is 0 Å². The van der Waals surface area contributed by atoms with Crippen LogP contribution in [0.15, 0.2) is 0 Å². The van der Waals surface area contributed by atoms with Crippen molar-refractivity contribution in [2.75, 3.05) is 0 Å². The van der Waals surface area contributed by atoms with Gasteiger partial charge in [0.25, 0.3) is 0 Å². The van der Waals surface area contributed by atoms with Crippen molar-refractivity contribution in [3.8, 4) is 0 Å². The van der Waals surface area contributed by atoms with Crippen LogP contribution in [0.1, 0.15) is 13.3 Å². The predicted molar refractivity (Wildman–Crippen MR) is 16.4 cm³/mol. The molecule has 0 amide bonds. The Hall–Kier alpha value is 0.532. The van der Waals surface area contributed by atoms with Gasteiger partial charge in [-0.15, -0.1) is 0 Å². The summed E-state index contributed by atoms with van der Waals surface area (Å²) in [5.74, 6) is 0. The minimum atomic E-state index is 1.13. The Balaban J connectivity index is 2.30. The van der Waals surface area contributed by atoms with Crippen LogP contribution in [-0.2, 0) is 18.7 Å². The molecule has 0 nitrogen and oxygen atoms in total. The van der Waals surface area contributed by atoms with E-state index in [0.717, 1.165) is 6.42 Å². The molecule has 0 aromatic heterocycles. The van der Waals surface area contributed by atoms with E-state index >= 15 is 0 Å². The van der Waals surface area contributed by atoms with E-state index in [4.69, 9.17) is 0 Å². The van der Waals surface area contributed by atoms with E-state index in [0.29, 0.717) is 0 Å². The Morgan fingerprint density at radius 1 is 2.00 bits per heavy atom. The van der Waals surface area contributed by atoms with E-state index in [9.17, 15) is 0 Å². The molecule has 0 atom stereocenters. The van der Waals surface area contributed by atoms with Crippen molar-refractivity contribution < 1.29 is 18.7 Å². The fourth-order valence-electron chi connectivity index (χ4n) is 0. The first-order valence-electron chi connectivity index (χ1n) is 1.30. The maximum absolute atomic E-state index is 2.91. The standard InChI is InChI=1S/C3H6.Pd/c1-3-2;/h1H,3H2,2H3;. The molecule has 0 unspecified atom stereocenters. The van der Waals surface area contributed by atoms with Crippen LogP contribution in [0.2, 0.25) is 0 Å². The van der Waals surface area contributed by atoms with Crippen LogP contribution in [0.25, 0.3) is 0 Å². The average Bonchev–Trinajstić information content (AvgIpc) is 1.37. The third-order valence-electron chi connectivity index (χ3n) is 0.129. The van der Waals surface area contributed by atoms with Gasteiger partial charge in [-0.2, -0.15) is 0 Å². The van der Waals surface area contributed by atoms with Crippen LogP contribution in [0.3, 0.4) is 0 Å². The summed E-state index contributed by atoms with van der Waals surface area (Å²) in [6.07, 6.45) is 1.13. The van der Waals surface area contributed by atoms with Crippen molar-refractivity contribution in [2.24, 2.45) is 0 Å². The van der Waals surface area contributed by atoms with Crippen LogP contribution in [-0.4, -0.2) is 4.49 Å². The molecule has 0 rings (SSSR count). The summed E-state index contributed by atoms with van der Waals surface area (Å²) in [5, 5.41) is 0. The predicted octanol–water partition coefficient (Wildman–Crippen LogP) is 0.745. The second-order valence-corrected chi connectivity index (χ2v) is 1.17. The molecule has 0 fully saturated rings. The first-order chi connectivity index (χ1) is 1.91. The van der Waals surface area contributed by atoms with Gasteiger partial charge in [0.1, 0.15) is 0 Å². The minimum absolute atomic E-state index is 1.13. The average molecular weight is 149 g/mol. The van der Waals surface area contributed by atoms with Crippen molar-refractivity contribution in [1.82, 2.24) is 0 Å². The number of hydrogen-bond acceptors (Lipinski definition) is 0. The summed E-state index contributed by atoms with van der Waals surface area (Å²) in [6, 6.07) is 0. The van der Waals surface area contributed by atoms with Crippen LogP contribution in [0.5, 0.6) is 0 Å². The van der Waals surface area contributed by atoms with Crippen LogP contribution >= 0.6 is 0 Å². The van der Waals surface area contributed by atoms with Gasteiger partial charge in [0.2, 0.25) is 0 Å². The van der Waals surface area contributed by atoms with Gasteiger partial charge in [-0.25, -0.2) is 0 Å². The molecular weight excluding hydrogens is 142 g/mol. The van der Waals surface area contributed by atoms with Gasteiger partial charge in [-0.05, 0) is 0 Å². The molecule has 0 aromatic rings. The van der Waals surface area contributed by atoms with Crippen molar-refractivity contribution in [3.05, 3.63) is 0 Å². The summed E-state index contributed by atoms with van der Waals surface area (Å²) in [5.41, 5.74) is 0. The van der Waals surface area contributed by atoms with Crippen molar-refractivity contribution >= 4 is 4.49 Å². The molecule has 0 aliphatic heterocycles. The van der Waals surface area contributed by atoms with Crippen molar-refractivity contribution in [3.63, 3.8) is 0 Å². The van der Waals surface area contributed by atoms with Gasteiger partial charge in [-0.1, -0.05) is 0 Å². The SMILES string of the molecule is CC[CH]=[Pd]. The molecule has 0 aliphatic rings. The number of rotatable bonds is 1. The zero-order valence-electron chi connectivity index (χ0n) is 2.60. The Labute approximate surface area is 37.1 Å². The van der Waals surface area contributed by atoms with E-state index in [1.54, 1.807) is 0 Å². The van der Waals surface area contributed by atoms with E-state index in [-0.39, 0.29) is 0 Å². The third-order valence-corrected chi connectivity index (χ3v) is 0.764. The van der Waals surface area contributed by atoms with Gasteiger partial charge >= 0.3 is 36.6 Å². The van der Waals surface area contributed by atoms with Gasteiger partial charge in [0, 0.05) is 0 Å². The molecule has 0 bridgehead atoms. The Kier molecular flexibility index (Phi) is 4.00. The van der Waals surface area contributed by atoms with Crippen molar-refractivity contribution in [1.29, 1.82) is 0 Å². The second-order valence-electron chi connectivity index (χ2n) is 0.537. The molecule has 0 spiro atoms. The Morgan fingerprint density at radius 2 is 2.25 bits per heavy atom. The van der Waals surface area contributed by atoms with Gasteiger partial charge < -0.3 is 0 Å². The summed E-state index contributed by atoms with van der Waals surface area (Å²) in [6.45, 7) is 2.09. The van der Waals surface area contributed by atoms with Crippen LogP contribution < -0.4 is 0 Å². The molecule has 0 aromatic carbocycles. The van der Waals surface area contributed by atoms with E-state index in [2.05, 4.69) is 25.7 Å². The zero-order valence-corrected chi connectivity index (χ0v) is 4.16. The number of hydrogen-bond donors (Lipinski definition) is 0. The Bertz CT molecular complexity index is 17.2. The van der Waals surface area contributed by atoms with Gasteiger partial charge in [0.05, 0.1) is 0 Å². The van der Waals surface area contributed by atoms with E-state index in [1.165, 1.54) is 0 Å². The summed E-state index contributed by atoms with van der Waals surface area (Å²) >= 11 is 2.91. The van der Waals surface area contributed by atoms with Gasteiger partial charge in [0.15, 0.2) is 0 Å². The molecule has 0 aliphatic carbocycles. The molecule has 1 heteroatoms. The summed E-state index contributed by atoms with van der Waals surface area (Å²) < 4.78 is 1.98. The fourth-order valence-corrected chi connectivity index (χ4v) is 0. The molecule has 0 N–H and O–H groups in total. The third kappa shape index (κ3) is 2.53. The second kappa shape index (κ2) is 3.53. The fraction of sp³-hybridized carbons (Fsp3) is 0.667. The summed E-state index contributed by atoms with van der Waals surface area (Å²) in [7, 11) is 0. The maximum atomic E-state index is 2.91. The molecule has 4 heavy (non-hydrogen) atoms. The first kappa shape index (κ1) is 4.53.